The van der Waals surface area contributed by atoms with Gasteiger partial charge in [0.05, 0.1) is 18.1 Å². The Morgan fingerprint density at radius 2 is 2.26 bits per heavy atom. The molecule has 6 nitrogen and oxygen atoms in total. The van der Waals surface area contributed by atoms with Crippen molar-refractivity contribution in [3.8, 4) is 0 Å². The smallest absolute Gasteiger partial charge is 0.235 e. The molecule has 0 aliphatic heterocycles. The van der Waals surface area contributed by atoms with Crippen molar-refractivity contribution in [2.45, 2.75) is 20.4 Å². The van der Waals surface area contributed by atoms with Gasteiger partial charge in [0.2, 0.25) is 11.8 Å². The lowest BCUT2D eigenvalue weighted by Gasteiger charge is -2.19. The van der Waals surface area contributed by atoms with E-state index < -0.39 is 0 Å². The Morgan fingerprint density at radius 3 is 2.87 bits per heavy atom. The van der Waals surface area contributed by atoms with Gasteiger partial charge in [0.15, 0.2) is 5.82 Å². The maximum Gasteiger partial charge on any atom is 0.235 e. The van der Waals surface area contributed by atoms with Gasteiger partial charge < -0.3 is 14.7 Å². The van der Waals surface area contributed by atoms with E-state index >= 15 is 0 Å². The predicted octanol–water partition coefficient (Wildman–Crippen LogP) is 2.76. The highest BCUT2D eigenvalue weighted by Crippen LogP contribution is 2.13. The maximum atomic E-state index is 12.2. The van der Waals surface area contributed by atoms with Gasteiger partial charge in [0.25, 0.3) is 0 Å². The van der Waals surface area contributed by atoms with Crippen LogP contribution in [-0.4, -0.2) is 39.9 Å². The van der Waals surface area contributed by atoms with Gasteiger partial charge in [-0.3, -0.25) is 9.59 Å². The SMILES string of the molecule is CCN(Cc1cccs1)C(=O)CSCC(=O)Nc1cc(C)on1. The Labute approximate surface area is 143 Å². The van der Waals surface area contributed by atoms with E-state index in [1.165, 1.54) is 11.8 Å². The second-order valence-corrected chi connectivity index (χ2v) is 6.87. The van der Waals surface area contributed by atoms with Crippen molar-refractivity contribution in [1.82, 2.24) is 10.1 Å². The van der Waals surface area contributed by atoms with Crippen LogP contribution in [0.25, 0.3) is 0 Å². The number of carbonyl (C=O) groups excluding carboxylic acids is 2. The lowest BCUT2D eigenvalue weighted by Crippen LogP contribution is -2.31. The second kappa shape index (κ2) is 8.73. The molecule has 0 aliphatic carbocycles. The molecular formula is C15H19N3O3S2. The Hall–Kier alpha value is -1.80. The van der Waals surface area contributed by atoms with E-state index in [2.05, 4.69) is 10.5 Å². The fourth-order valence-electron chi connectivity index (χ4n) is 1.89. The number of aromatic nitrogens is 1. The average Bonchev–Trinajstić information content (AvgIpc) is 3.16. The molecule has 124 valence electrons. The summed E-state index contributed by atoms with van der Waals surface area (Å²) in [5, 5.41) is 8.32. The summed E-state index contributed by atoms with van der Waals surface area (Å²) in [6, 6.07) is 5.64. The third-order valence-corrected chi connectivity index (χ3v) is 4.79. The van der Waals surface area contributed by atoms with E-state index in [1.54, 1.807) is 29.2 Å². The molecule has 0 saturated heterocycles. The number of anilines is 1. The lowest BCUT2D eigenvalue weighted by molar-refractivity contribution is -0.128. The molecule has 0 atom stereocenters. The molecule has 1 N–H and O–H groups in total. The summed E-state index contributed by atoms with van der Waals surface area (Å²) < 4.78 is 4.87. The minimum Gasteiger partial charge on any atom is -0.360 e. The van der Waals surface area contributed by atoms with Gasteiger partial charge in [-0.15, -0.1) is 23.1 Å². The van der Waals surface area contributed by atoms with Gasteiger partial charge >= 0.3 is 0 Å². The summed E-state index contributed by atoms with van der Waals surface area (Å²) in [7, 11) is 0. The molecule has 8 heteroatoms. The quantitative estimate of drug-likeness (QED) is 0.790. The van der Waals surface area contributed by atoms with E-state index in [-0.39, 0.29) is 23.3 Å². The summed E-state index contributed by atoms with van der Waals surface area (Å²) in [5.41, 5.74) is 0. The third kappa shape index (κ3) is 5.72. The van der Waals surface area contributed by atoms with Crippen LogP contribution in [0.15, 0.2) is 28.1 Å². The Bertz CT molecular complexity index is 640. The highest BCUT2D eigenvalue weighted by molar-refractivity contribution is 8.00. The summed E-state index contributed by atoms with van der Waals surface area (Å²) in [6.45, 7) is 4.98. The van der Waals surface area contributed by atoms with Crippen LogP contribution in [0, 0.1) is 6.92 Å². The van der Waals surface area contributed by atoms with Crippen molar-refractivity contribution in [2.75, 3.05) is 23.4 Å². The largest absolute Gasteiger partial charge is 0.360 e. The lowest BCUT2D eigenvalue weighted by atomic mass is 10.4. The van der Waals surface area contributed by atoms with E-state index in [4.69, 9.17) is 4.52 Å². The van der Waals surface area contributed by atoms with Crippen LogP contribution in [0.1, 0.15) is 17.6 Å². The van der Waals surface area contributed by atoms with E-state index in [0.29, 0.717) is 24.7 Å². The number of rotatable bonds is 8. The molecule has 0 unspecified atom stereocenters. The van der Waals surface area contributed by atoms with E-state index in [1.807, 2.05) is 24.4 Å². The molecule has 0 aromatic carbocycles. The van der Waals surface area contributed by atoms with E-state index in [9.17, 15) is 9.59 Å². The topological polar surface area (TPSA) is 75.4 Å². The molecule has 0 spiro atoms. The number of nitrogens with zero attached hydrogens (tertiary/aromatic N) is 2. The zero-order chi connectivity index (χ0) is 16.7. The van der Waals surface area contributed by atoms with Crippen molar-refractivity contribution < 1.29 is 14.1 Å². The molecule has 2 aromatic rings. The third-order valence-electron chi connectivity index (χ3n) is 3.02. The molecule has 0 fully saturated rings. The molecule has 0 radical (unpaired) electrons. The molecule has 2 amide bonds. The Kier molecular flexibility index (Phi) is 6.66. The molecule has 2 aromatic heterocycles. The molecule has 0 aliphatic rings. The highest BCUT2D eigenvalue weighted by Gasteiger charge is 2.14. The maximum absolute atomic E-state index is 12.2. The normalized spacial score (nSPS) is 10.5. The van der Waals surface area contributed by atoms with Gasteiger partial charge in [0.1, 0.15) is 5.76 Å². The molecule has 2 rings (SSSR count). The van der Waals surface area contributed by atoms with Gasteiger partial charge in [-0.2, -0.15) is 0 Å². The monoisotopic (exact) mass is 353 g/mol. The van der Waals surface area contributed by atoms with Crippen molar-refractivity contribution in [3.63, 3.8) is 0 Å². The molecule has 0 bridgehead atoms. The first-order valence-corrected chi connectivity index (χ1v) is 9.23. The molecular weight excluding hydrogens is 334 g/mol. The Balaban J connectivity index is 1.71. The van der Waals surface area contributed by atoms with Crippen LogP contribution in [-0.2, 0) is 16.1 Å². The van der Waals surface area contributed by atoms with Gasteiger partial charge in [0, 0.05) is 17.5 Å². The summed E-state index contributed by atoms with van der Waals surface area (Å²) >= 11 is 2.93. The molecule has 0 saturated carbocycles. The predicted molar refractivity (Wildman–Crippen MR) is 92.6 cm³/mol. The van der Waals surface area contributed by atoms with Crippen LogP contribution in [0.2, 0.25) is 0 Å². The first kappa shape index (κ1) is 17.6. The standard InChI is InChI=1S/C15H19N3O3S2/c1-3-18(8-12-5-4-6-23-12)15(20)10-22-9-14(19)16-13-7-11(2)21-17-13/h4-7H,3,8-10H2,1-2H3,(H,16,17,19). The summed E-state index contributed by atoms with van der Waals surface area (Å²) in [4.78, 5) is 26.9. The fourth-order valence-corrected chi connectivity index (χ4v) is 3.33. The van der Waals surface area contributed by atoms with Gasteiger partial charge in [-0.1, -0.05) is 11.2 Å². The minimum absolute atomic E-state index is 0.0379. The zero-order valence-electron chi connectivity index (χ0n) is 13.1. The highest BCUT2D eigenvalue weighted by atomic mass is 32.2. The number of hydrogen-bond acceptors (Lipinski definition) is 6. The molecule has 23 heavy (non-hydrogen) atoms. The number of nitrogens with one attached hydrogen (secondary N) is 1. The second-order valence-electron chi connectivity index (χ2n) is 4.85. The van der Waals surface area contributed by atoms with Crippen molar-refractivity contribution in [2.24, 2.45) is 0 Å². The summed E-state index contributed by atoms with van der Waals surface area (Å²) in [6.07, 6.45) is 0. The number of carbonyl (C=O) groups is 2. The number of amides is 2. The van der Waals surface area contributed by atoms with E-state index in [0.717, 1.165) is 4.88 Å². The number of hydrogen-bond donors (Lipinski definition) is 1. The number of thioether (sulfide) groups is 1. The van der Waals surface area contributed by atoms with Crippen LogP contribution >= 0.6 is 23.1 Å². The minimum atomic E-state index is -0.197. The Morgan fingerprint density at radius 1 is 1.43 bits per heavy atom. The van der Waals surface area contributed by atoms with Crippen LogP contribution in [0.3, 0.4) is 0 Å². The van der Waals surface area contributed by atoms with Crippen LogP contribution in [0.5, 0.6) is 0 Å². The number of aryl methyl sites for hydroxylation is 1. The van der Waals surface area contributed by atoms with Crippen LogP contribution in [0.4, 0.5) is 5.82 Å². The van der Waals surface area contributed by atoms with Crippen molar-refractivity contribution >= 4 is 40.7 Å². The van der Waals surface area contributed by atoms with Gasteiger partial charge in [-0.05, 0) is 25.3 Å². The molecule has 2 heterocycles. The first-order valence-electron chi connectivity index (χ1n) is 7.19. The van der Waals surface area contributed by atoms with Crippen molar-refractivity contribution in [1.29, 1.82) is 0 Å². The zero-order valence-corrected chi connectivity index (χ0v) is 14.7. The fraction of sp³-hybridized carbons (Fsp3) is 0.400. The van der Waals surface area contributed by atoms with Gasteiger partial charge in [-0.25, -0.2) is 0 Å². The number of thiophene rings is 1. The average molecular weight is 353 g/mol. The van der Waals surface area contributed by atoms with Crippen molar-refractivity contribution in [3.05, 3.63) is 34.2 Å². The summed E-state index contributed by atoms with van der Waals surface area (Å²) in [5.74, 6) is 1.36. The first-order chi connectivity index (χ1) is 11.1. The van der Waals surface area contributed by atoms with Crippen LogP contribution < -0.4 is 5.32 Å².